The molecule has 1 aromatic rings. The molecule has 1 aliphatic heterocycles. The van der Waals surface area contributed by atoms with Crippen molar-refractivity contribution in [2.75, 3.05) is 60.7 Å². The highest BCUT2D eigenvalue weighted by Crippen LogP contribution is 2.22. The van der Waals surface area contributed by atoms with Gasteiger partial charge in [0.1, 0.15) is 0 Å². The highest BCUT2D eigenvalue weighted by molar-refractivity contribution is 7.10. The van der Waals surface area contributed by atoms with Crippen molar-refractivity contribution < 1.29 is 9.47 Å². The number of aliphatic imine (C=N–C) groups is 1. The monoisotopic (exact) mass is 368 g/mol. The number of nitrogens with one attached hydrogen (secondary N) is 2. The van der Waals surface area contributed by atoms with E-state index in [0.29, 0.717) is 12.0 Å². The summed E-state index contributed by atoms with van der Waals surface area (Å²) in [4.78, 5) is 7.89. The van der Waals surface area contributed by atoms with Crippen molar-refractivity contribution >= 4 is 17.3 Å². The summed E-state index contributed by atoms with van der Waals surface area (Å²) in [6.45, 7) is 5.01. The van der Waals surface area contributed by atoms with E-state index in [1.165, 1.54) is 4.88 Å². The molecule has 7 heteroatoms. The van der Waals surface area contributed by atoms with Crippen molar-refractivity contribution in [1.29, 1.82) is 0 Å². The average Bonchev–Trinajstić information content (AvgIpc) is 3.29. The molecule has 0 radical (unpaired) electrons. The zero-order valence-corrected chi connectivity index (χ0v) is 16.5. The number of ether oxygens (including phenoxy) is 2. The van der Waals surface area contributed by atoms with E-state index < -0.39 is 0 Å². The summed E-state index contributed by atoms with van der Waals surface area (Å²) in [5.41, 5.74) is 0. The topological polar surface area (TPSA) is 58.1 Å². The lowest BCUT2D eigenvalue weighted by Gasteiger charge is -2.24. The van der Waals surface area contributed by atoms with Gasteiger partial charge in [0, 0.05) is 44.1 Å². The first kappa shape index (κ1) is 20.2. The van der Waals surface area contributed by atoms with E-state index >= 15 is 0 Å². The quantitative estimate of drug-likeness (QED) is 0.376. The largest absolute Gasteiger partial charge is 0.381 e. The lowest BCUT2D eigenvalue weighted by atomic mass is 10.1. The van der Waals surface area contributed by atoms with Crippen LogP contribution in [0.3, 0.4) is 0 Å². The Morgan fingerprint density at radius 3 is 3.00 bits per heavy atom. The van der Waals surface area contributed by atoms with Crippen LogP contribution in [-0.4, -0.2) is 71.5 Å². The van der Waals surface area contributed by atoms with Gasteiger partial charge in [-0.1, -0.05) is 6.07 Å². The molecule has 2 unspecified atom stereocenters. The van der Waals surface area contributed by atoms with Crippen LogP contribution in [0.1, 0.15) is 23.8 Å². The van der Waals surface area contributed by atoms with E-state index in [0.717, 1.165) is 58.3 Å². The van der Waals surface area contributed by atoms with Gasteiger partial charge in [0.2, 0.25) is 0 Å². The summed E-state index contributed by atoms with van der Waals surface area (Å²) in [6, 6.07) is 4.62. The van der Waals surface area contributed by atoms with Crippen molar-refractivity contribution in [3.63, 3.8) is 0 Å². The van der Waals surface area contributed by atoms with E-state index in [4.69, 9.17) is 9.47 Å². The van der Waals surface area contributed by atoms with Gasteiger partial charge < -0.3 is 25.0 Å². The Labute approximate surface area is 155 Å². The minimum atomic E-state index is 0.343. The second kappa shape index (κ2) is 11.5. The molecule has 1 aromatic heterocycles. The van der Waals surface area contributed by atoms with Crippen LogP contribution in [-0.2, 0) is 9.47 Å². The smallest absolute Gasteiger partial charge is 0.191 e. The minimum absolute atomic E-state index is 0.343. The summed E-state index contributed by atoms with van der Waals surface area (Å²) in [5, 5.41) is 8.90. The molecule has 2 N–H and O–H groups in total. The summed E-state index contributed by atoms with van der Waals surface area (Å²) >= 11 is 1.79. The van der Waals surface area contributed by atoms with Gasteiger partial charge in [0.15, 0.2) is 5.96 Å². The second-order valence-electron chi connectivity index (χ2n) is 6.53. The van der Waals surface area contributed by atoms with Crippen molar-refractivity contribution in [1.82, 2.24) is 15.5 Å². The SMILES string of the molecule is CN=C(NCCCOCC1CCOC1)NCC(c1cccs1)N(C)C. The number of guanidine groups is 1. The number of nitrogens with zero attached hydrogens (tertiary/aromatic N) is 2. The first-order valence-electron chi connectivity index (χ1n) is 9.00. The molecule has 0 aliphatic carbocycles. The highest BCUT2D eigenvalue weighted by atomic mass is 32.1. The zero-order valence-electron chi connectivity index (χ0n) is 15.7. The molecule has 6 nitrogen and oxygen atoms in total. The molecular formula is C18H32N4O2S. The van der Waals surface area contributed by atoms with Crippen LogP contribution >= 0.6 is 11.3 Å². The molecule has 2 atom stereocenters. The Hall–Kier alpha value is -1.15. The molecule has 2 heterocycles. The predicted molar refractivity (Wildman–Crippen MR) is 104 cm³/mol. The van der Waals surface area contributed by atoms with Crippen LogP contribution in [0.5, 0.6) is 0 Å². The molecule has 0 bridgehead atoms. The van der Waals surface area contributed by atoms with Gasteiger partial charge in [-0.25, -0.2) is 0 Å². The van der Waals surface area contributed by atoms with E-state index in [1.54, 1.807) is 11.3 Å². The molecule has 1 saturated heterocycles. The van der Waals surface area contributed by atoms with E-state index in [2.05, 4.69) is 52.1 Å². The maximum absolute atomic E-state index is 5.73. The van der Waals surface area contributed by atoms with Crippen molar-refractivity contribution in [2.45, 2.75) is 18.9 Å². The van der Waals surface area contributed by atoms with Gasteiger partial charge >= 0.3 is 0 Å². The first-order chi connectivity index (χ1) is 12.2. The maximum atomic E-state index is 5.73. The average molecular weight is 369 g/mol. The second-order valence-corrected chi connectivity index (χ2v) is 7.51. The van der Waals surface area contributed by atoms with Crippen LogP contribution in [0, 0.1) is 5.92 Å². The number of hydrogen-bond donors (Lipinski definition) is 2. The fourth-order valence-corrected chi connectivity index (χ4v) is 3.70. The van der Waals surface area contributed by atoms with Crippen molar-refractivity contribution in [2.24, 2.45) is 10.9 Å². The van der Waals surface area contributed by atoms with Crippen LogP contribution < -0.4 is 10.6 Å². The lowest BCUT2D eigenvalue weighted by Crippen LogP contribution is -2.42. The summed E-state index contributed by atoms with van der Waals surface area (Å²) < 4.78 is 11.1. The van der Waals surface area contributed by atoms with Gasteiger partial charge in [-0.15, -0.1) is 11.3 Å². The molecule has 0 amide bonds. The third kappa shape index (κ3) is 7.32. The summed E-state index contributed by atoms with van der Waals surface area (Å²) in [7, 11) is 6.02. The molecule has 1 fully saturated rings. The van der Waals surface area contributed by atoms with E-state index in [-0.39, 0.29) is 0 Å². The van der Waals surface area contributed by atoms with Crippen molar-refractivity contribution in [3.8, 4) is 0 Å². The molecule has 0 spiro atoms. The van der Waals surface area contributed by atoms with Crippen LogP contribution in [0.25, 0.3) is 0 Å². The molecule has 142 valence electrons. The highest BCUT2D eigenvalue weighted by Gasteiger charge is 2.16. The Morgan fingerprint density at radius 1 is 1.48 bits per heavy atom. The fourth-order valence-electron chi connectivity index (χ4n) is 2.78. The summed E-state index contributed by atoms with van der Waals surface area (Å²) in [5.74, 6) is 1.43. The van der Waals surface area contributed by atoms with Gasteiger partial charge in [0.05, 0.1) is 19.3 Å². The Bertz CT molecular complexity index is 487. The third-order valence-corrected chi connectivity index (χ3v) is 5.29. The van der Waals surface area contributed by atoms with E-state index in [1.807, 2.05) is 7.05 Å². The molecule has 1 aliphatic rings. The van der Waals surface area contributed by atoms with Crippen LogP contribution in [0.15, 0.2) is 22.5 Å². The number of hydrogen-bond acceptors (Lipinski definition) is 5. The lowest BCUT2D eigenvalue weighted by molar-refractivity contribution is 0.0888. The molecule has 25 heavy (non-hydrogen) atoms. The van der Waals surface area contributed by atoms with Crippen LogP contribution in [0.4, 0.5) is 0 Å². The molecular weight excluding hydrogens is 336 g/mol. The predicted octanol–water partition coefficient (Wildman–Crippen LogP) is 1.96. The number of rotatable bonds is 10. The first-order valence-corrected chi connectivity index (χ1v) is 9.88. The Kier molecular flexibility index (Phi) is 9.25. The zero-order chi connectivity index (χ0) is 17.9. The normalized spacial score (nSPS) is 19.4. The van der Waals surface area contributed by atoms with Crippen molar-refractivity contribution in [3.05, 3.63) is 22.4 Å². The van der Waals surface area contributed by atoms with Crippen LogP contribution in [0.2, 0.25) is 0 Å². The maximum Gasteiger partial charge on any atom is 0.191 e. The minimum Gasteiger partial charge on any atom is -0.381 e. The number of thiophene rings is 1. The Balaban J connectivity index is 1.59. The standard InChI is InChI=1S/C18H32N4O2S/c1-19-18(20-8-5-9-23-13-15-7-10-24-14-15)21-12-16(22(2)3)17-6-4-11-25-17/h4,6,11,15-16H,5,7-10,12-14H2,1-3H3,(H2,19,20,21). The fraction of sp³-hybridized carbons (Fsp3) is 0.722. The Morgan fingerprint density at radius 2 is 2.36 bits per heavy atom. The van der Waals surface area contributed by atoms with Gasteiger partial charge in [-0.05, 0) is 38.4 Å². The molecule has 0 saturated carbocycles. The number of likely N-dealkylation sites (N-methyl/N-ethyl adjacent to an activating group) is 1. The van der Waals surface area contributed by atoms with Gasteiger partial charge in [0.25, 0.3) is 0 Å². The summed E-state index contributed by atoms with van der Waals surface area (Å²) in [6.07, 6.45) is 2.10. The molecule has 0 aromatic carbocycles. The van der Waals surface area contributed by atoms with Gasteiger partial charge in [-0.3, -0.25) is 4.99 Å². The van der Waals surface area contributed by atoms with E-state index in [9.17, 15) is 0 Å². The molecule has 2 rings (SSSR count). The van der Waals surface area contributed by atoms with Gasteiger partial charge in [-0.2, -0.15) is 0 Å². The third-order valence-electron chi connectivity index (χ3n) is 4.32.